The molecule has 2 rings (SSSR count). The summed E-state index contributed by atoms with van der Waals surface area (Å²) in [4.78, 5) is 25.3. The number of hydrogen-bond acceptors (Lipinski definition) is 3. The third-order valence-corrected chi connectivity index (χ3v) is 4.14. The first-order valence-electron chi connectivity index (χ1n) is 8.62. The number of hydrogen-bond donors (Lipinski definition) is 2. The van der Waals surface area contributed by atoms with E-state index in [1.165, 1.54) is 18.2 Å². The fourth-order valence-corrected chi connectivity index (χ4v) is 2.66. The molecule has 1 atom stereocenters. The SMILES string of the molecule is CCOc1ccccc1C(=O)N[C@@H](C(=O)Nc1ccc(F)c(Cl)c1)C(C)C. The molecule has 0 spiro atoms. The molecule has 0 unspecified atom stereocenters. The molecular formula is C20H22ClFN2O3. The number of benzene rings is 2. The Hall–Kier alpha value is -2.60. The second kappa shape index (κ2) is 9.37. The first kappa shape index (κ1) is 20.7. The predicted octanol–water partition coefficient (Wildman–Crippen LogP) is 4.27. The minimum atomic E-state index is -0.795. The van der Waals surface area contributed by atoms with E-state index in [2.05, 4.69) is 10.6 Å². The zero-order valence-electron chi connectivity index (χ0n) is 15.4. The van der Waals surface area contributed by atoms with Crippen LogP contribution in [0.25, 0.3) is 0 Å². The Labute approximate surface area is 162 Å². The van der Waals surface area contributed by atoms with Gasteiger partial charge in [-0.25, -0.2) is 4.39 Å². The summed E-state index contributed by atoms with van der Waals surface area (Å²) in [6, 6.07) is 9.92. The van der Waals surface area contributed by atoms with Gasteiger partial charge in [-0.1, -0.05) is 37.6 Å². The van der Waals surface area contributed by atoms with Gasteiger partial charge in [0.05, 0.1) is 17.2 Å². The van der Waals surface area contributed by atoms with E-state index in [4.69, 9.17) is 16.3 Å². The fourth-order valence-electron chi connectivity index (χ4n) is 2.48. The van der Waals surface area contributed by atoms with Gasteiger partial charge >= 0.3 is 0 Å². The summed E-state index contributed by atoms with van der Waals surface area (Å²) >= 11 is 5.74. The molecule has 27 heavy (non-hydrogen) atoms. The van der Waals surface area contributed by atoms with Crippen molar-refractivity contribution in [3.8, 4) is 5.75 Å². The van der Waals surface area contributed by atoms with Crippen molar-refractivity contribution >= 4 is 29.1 Å². The van der Waals surface area contributed by atoms with Crippen LogP contribution in [0.1, 0.15) is 31.1 Å². The van der Waals surface area contributed by atoms with E-state index in [9.17, 15) is 14.0 Å². The summed E-state index contributed by atoms with van der Waals surface area (Å²) in [6.07, 6.45) is 0. The normalized spacial score (nSPS) is 11.8. The van der Waals surface area contributed by atoms with Crippen molar-refractivity contribution in [3.63, 3.8) is 0 Å². The molecule has 0 aliphatic rings. The van der Waals surface area contributed by atoms with Crippen molar-refractivity contribution in [2.24, 2.45) is 5.92 Å². The van der Waals surface area contributed by atoms with Gasteiger partial charge in [-0.05, 0) is 43.2 Å². The Morgan fingerprint density at radius 1 is 1.19 bits per heavy atom. The average molecular weight is 393 g/mol. The number of amides is 2. The molecule has 144 valence electrons. The summed E-state index contributed by atoms with van der Waals surface area (Å²) in [6.45, 7) is 5.88. The quantitative estimate of drug-likeness (QED) is 0.739. The van der Waals surface area contributed by atoms with Crippen LogP contribution in [0.5, 0.6) is 5.75 Å². The van der Waals surface area contributed by atoms with E-state index < -0.39 is 23.7 Å². The van der Waals surface area contributed by atoms with Crippen molar-refractivity contribution in [2.75, 3.05) is 11.9 Å². The highest BCUT2D eigenvalue weighted by Crippen LogP contribution is 2.21. The number of halogens is 2. The Morgan fingerprint density at radius 3 is 2.52 bits per heavy atom. The van der Waals surface area contributed by atoms with Gasteiger partial charge in [-0.3, -0.25) is 9.59 Å². The van der Waals surface area contributed by atoms with Gasteiger partial charge in [0.15, 0.2) is 0 Å². The highest BCUT2D eigenvalue weighted by Gasteiger charge is 2.26. The number of para-hydroxylation sites is 1. The first-order valence-corrected chi connectivity index (χ1v) is 8.99. The van der Waals surface area contributed by atoms with Crippen LogP contribution in [0.2, 0.25) is 5.02 Å². The van der Waals surface area contributed by atoms with Crippen LogP contribution in [0.3, 0.4) is 0 Å². The standard InChI is InChI=1S/C20H22ClFN2O3/c1-4-27-17-8-6-5-7-14(17)19(25)24-18(12(2)3)20(26)23-13-9-10-16(22)15(21)11-13/h5-12,18H,4H2,1-3H3,(H,23,26)(H,24,25)/t18-/m1/s1. The van der Waals surface area contributed by atoms with Gasteiger partial charge in [-0.15, -0.1) is 0 Å². The molecule has 7 heteroatoms. The number of rotatable bonds is 7. The van der Waals surface area contributed by atoms with Crippen LogP contribution >= 0.6 is 11.6 Å². The van der Waals surface area contributed by atoms with Crippen LogP contribution in [0.4, 0.5) is 10.1 Å². The van der Waals surface area contributed by atoms with Crippen molar-refractivity contribution in [1.29, 1.82) is 0 Å². The van der Waals surface area contributed by atoms with Crippen molar-refractivity contribution in [3.05, 3.63) is 58.9 Å². The summed E-state index contributed by atoms with van der Waals surface area (Å²) in [7, 11) is 0. The zero-order chi connectivity index (χ0) is 20.0. The first-order chi connectivity index (χ1) is 12.8. The van der Waals surface area contributed by atoms with E-state index in [1.807, 2.05) is 20.8 Å². The highest BCUT2D eigenvalue weighted by molar-refractivity contribution is 6.31. The number of carbonyl (C=O) groups is 2. The van der Waals surface area contributed by atoms with E-state index in [1.54, 1.807) is 24.3 Å². The summed E-state index contributed by atoms with van der Waals surface area (Å²) in [5.41, 5.74) is 0.698. The lowest BCUT2D eigenvalue weighted by Gasteiger charge is -2.22. The second-order valence-corrected chi connectivity index (χ2v) is 6.65. The lowest BCUT2D eigenvalue weighted by molar-refractivity contribution is -0.118. The van der Waals surface area contributed by atoms with Crippen LogP contribution < -0.4 is 15.4 Å². The van der Waals surface area contributed by atoms with Gasteiger partial charge < -0.3 is 15.4 Å². The Bertz CT molecular complexity index is 827. The number of anilines is 1. The van der Waals surface area contributed by atoms with Crippen molar-refractivity contribution < 1.29 is 18.7 Å². The third-order valence-electron chi connectivity index (χ3n) is 3.85. The van der Waals surface area contributed by atoms with Gasteiger partial charge in [-0.2, -0.15) is 0 Å². The van der Waals surface area contributed by atoms with Crippen LogP contribution in [-0.2, 0) is 4.79 Å². The van der Waals surface area contributed by atoms with Crippen LogP contribution in [-0.4, -0.2) is 24.5 Å². The minimum absolute atomic E-state index is 0.0939. The molecule has 0 radical (unpaired) electrons. The average Bonchev–Trinajstić information content (AvgIpc) is 2.63. The van der Waals surface area contributed by atoms with Crippen molar-refractivity contribution in [2.45, 2.75) is 26.8 Å². The third kappa shape index (κ3) is 5.44. The summed E-state index contributed by atoms with van der Waals surface area (Å²) in [5, 5.41) is 5.30. The largest absolute Gasteiger partial charge is 0.493 e. The van der Waals surface area contributed by atoms with Gasteiger partial charge in [0.2, 0.25) is 5.91 Å². The molecule has 0 fully saturated rings. The molecule has 0 saturated heterocycles. The monoisotopic (exact) mass is 392 g/mol. The van der Waals surface area contributed by atoms with E-state index in [-0.39, 0.29) is 10.9 Å². The molecule has 0 aliphatic heterocycles. The maximum Gasteiger partial charge on any atom is 0.255 e. The molecular weight excluding hydrogens is 371 g/mol. The molecule has 2 aromatic carbocycles. The van der Waals surface area contributed by atoms with Crippen LogP contribution in [0, 0.1) is 11.7 Å². The summed E-state index contributed by atoms with van der Waals surface area (Å²) < 4.78 is 18.7. The Morgan fingerprint density at radius 2 is 1.89 bits per heavy atom. The molecule has 0 aliphatic carbocycles. The topological polar surface area (TPSA) is 67.4 Å². The molecule has 5 nitrogen and oxygen atoms in total. The van der Waals surface area contributed by atoms with Gasteiger partial charge in [0.25, 0.3) is 5.91 Å². The molecule has 0 saturated carbocycles. The van der Waals surface area contributed by atoms with Gasteiger partial charge in [0.1, 0.15) is 17.6 Å². The number of nitrogens with one attached hydrogen (secondary N) is 2. The molecule has 2 aromatic rings. The number of ether oxygens (including phenoxy) is 1. The smallest absolute Gasteiger partial charge is 0.255 e. The van der Waals surface area contributed by atoms with Gasteiger partial charge in [0, 0.05) is 5.69 Å². The fraction of sp³-hybridized carbons (Fsp3) is 0.300. The molecule has 0 bridgehead atoms. The van der Waals surface area contributed by atoms with Crippen molar-refractivity contribution in [1.82, 2.24) is 5.32 Å². The maximum absolute atomic E-state index is 13.3. The number of carbonyl (C=O) groups excluding carboxylic acids is 2. The Balaban J connectivity index is 2.16. The highest BCUT2D eigenvalue weighted by atomic mass is 35.5. The second-order valence-electron chi connectivity index (χ2n) is 6.24. The lowest BCUT2D eigenvalue weighted by atomic mass is 10.0. The molecule has 0 heterocycles. The predicted molar refractivity (Wildman–Crippen MR) is 104 cm³/mol. The molecule has 2 N–H and O–H groups in total. The van der Waals surface area contributed by atoms with E-state index in [0.29, 0.717) is 23.6 Å². The van der Waals surface area contributed by atoms with Crippen LogP contribution in [0.15, 0.2) is 42.5 Å². The minimum Gasteiger partial charge on any atom is -0.493 e. The summed E-state index contributed by atoms with van der Waals surface area (Å²) in [5.74, 6) is -1.13. The molecule has 0 aromatic heterocycles. The lowest BCUT2D eigenvalue weighted by Crippen LogP contribution is -2.47. The zero-order valence-corrected chi connectivity index (χ0v) is 16.1. The van der Waals surface area contributed by atoms with E-state index in [0.717, 1.165) is 0 Å². The van der Waals surface area contributed by atoms with E-state index >= 15 is 0 Å². The molecule has 2 amide bonds. The maximum atomic E-state index is 13.3. The Kier molecular flexibility index (Phi) is 7.19.